The fourth-order valence-corrected chi connectivity index (χ4v) is 6.79. The fraction of sp³-hybridized carbons (Fsp3) is 0.343. The first-order chi connectivity index (χ1) is 21.1. The molecule has 0 radical (unpaired) electrons. The summed E-state index contributed by atoms with van der Waals surface area (Å²) in [6.45, 7) is 10.7. The standard InChI is InChI=1S/C35H39N3O6/c1-5-44-35(26(4)21-39)23-38(34(41)42,18-16-31(35)37-17-15-28-13-9-10-14-30(28)36-33(37)40)29-19-24(2)32(25(3)20-29)43-22-27-11-7-6-8-12-27/h6-14,19-21,31H,4-5,15-18,22-23H2,1-3H3,(H-,36,40,41,42)/p+1. The number of hydrogen-bond donors (Lipinski definition) is 2. The number of fused-ring (bicyclic) bond motifs is 1. The van der Waals surface area contributed by atoms with Crippen LogP contribution in [0.3, 0.4) is 0 Å². The monoisotopic (exact) mass is 598 g/mol. The number of nitrogens with zero attached hydrogens (tertiary/aromatic N) is 2. The van der Waals surface area contributed by atoms with Gasteiger partial charge in [-0.05, 0) is 55.5 Å². The van der Waals surface area contributed by atoms with Crippen LogP contribution in [0, 0.1) is 13.8 Å². The van der Waals surface area contributed by atoms with Crippen molar-refractivity contribution in [3.63, 3.8) is 0 Å². The number of nitrogens with one attached hydrogen (secondary N) is 1. The maximum atomic E-state index is 13.6. The molecule has 3 unspecified atom stereocenters. The first kappa shape index (κ1) is 31.0. The number of ether oxygens (including phenoxy) is 2. The molecule has 5 rings (SSSR count). The predicted octanol–water partition coefficient (Wildman–Crippen LogP) is 6.26. The average molecular weight is 599 g/mol. The predicted molar refractivity (Wildman–Crippen MR) is 170 cm³/mol. The van der Waals surface area contributed by atoms with Crippen molar-refractivity contribution in [2.45, 2.75) is 51.9 Å². The summed E-state index contributed by atoms with van der Waals surface area (Å²) in [5.74, 6) is 0.699. The van der Waals surface area contributed by atoms with E-state index in [2.05, 4.69) is 11.9 Å². The Bertz CT molecular complexity index is 1550. The molecule has 1 saturated heterocycles. The topological polar surface area (TPSA) is 105 Å². The second-order valence-electron chi connectivity index (χ2n) is 11.6. The number of hydrogen-bond acceptors (Lipinski definition) is 5. The van der Waals surface area contributed by atoms with E-state index in [1.165, 1.54) is 0 Å². The number of benzene rings is 3. The van der Waals surface area contributed by atoms with E-state index in [0.29, 0.717) is 37.3 Å². The quantitative estimate of drug-likeness (QED) is 0.171. The lowest BCUT2D eigenvalue weighted by Crippen LogP contribution is -2.73. The molecule has 1 fully saturated rings. The smallest absolute Gasteiger partial charge is 0.488 e. The Labute approximate surface area is 258 Å². The zero-order chi connectivity index (χ0) is 31.5. The summed E-state index contributed by atoms with van der Waals surface area (Å²) in [5.41, 5.74) is 3.60. The van der Waals surface area contributed by atoms with E-state index in [1.807, 2.05) is 80.6 Å². The molecule has 3 aromatic rings. The average Bonchev–Trinajstić information content (AvgIpc) is 3.18. The van der Waals surface area contributed by atoms with Gasteiger partial charge in [0.25, 0.3) is 0 Å². The molecule has 0 bridgehead atoms. The van der Waals surface area contributed by atoms with Gasteiger partial charge in [-0.15, -0.1) is 0 Å². The van der Waals surface area contributed by atoms with Gasteiger partial charge in [0.05, 0.1) is 12.6 Å². The number of quaternary nitrogens is 1. The van der Waals surface area contributed by atoms with E-state index < -0.39 is 22.2 Å². The number of aryl methyl sites for hydroxylation is 2. The highest BCUT2D eigenvalue weighted by atomic mass is 16.5. The number of urea groups is 1. The summed E-state index contributed by atoms with van der Waals surface area (Å²) < 4.78 is 12.1. The van der Waals surface area contributed by atoms with Crippen molar-refractivity contribution in [2.24, 2.45) is 0 Å². The van der Waals surface area contributed by atoms with Crippen molar-refractivity contribution < 1.29 is 29.0 Å². The largest absolute Gasteiger partial charge is 0.518 e. The van der Waals surface area contributed by atoms with Gasteiger partial charge in [-0.2, -0.15) is 9.28 Å². The third kappa shape index (κ3) is 5.60. The normalized spacial score (nSPS) is 23.2. The summed E-state index contributed by atoms with van der Waals surface area (Å²) in [4.78, 5) is 41.1. The molecule has 0 aromatic heterocycles. The molecule has 2 aliphatic heterocycles. The van der Waals surface area contributed by atoms with Crippen molar-refractivity contribution >= 4 is 29.8 Å². The van der Waals surface area contributed by atoms with Crippen molar-refractivity contribution in [2.75, 3.05) is 31.6 Å². The Morgan fingerprint density at radius 3 is 2.48 bits per heavy atom. The molecule has 230 valence electrons. The number of rotatable bonds is 9. The molecule has 0 aliphatic carbocycles. The number of carboxylic acid groups (broad SMARTS) is 1. The van der Waals surface area contributed by atoms with Crippen LogP contribution in [-0.4, -0.2) is 66.3 Å². The van der Waals surface area contributed by atoms with Crippen LogP contribution in [0.2, 0.25) is 0 Å². The number of para-hydroxylation sites is 1. The Morgan fingerprint density at radius 2 is 1.82 bits per heavy atom. The SMILES string of the molecule is C=C(C=O)C1(OCC)C[N+](C(=O)O)(c2cc(C)c(OCc3ccccc3)c(C)c2)CCC1N1CCc2ccccc2NC1=O. The molecule has 3 aromatic carbocycles. The number of aldehydes is 1. The lowest BCUT2D eigenvalue weighted by molar-refractivity contribution is -0.118. The van der Waals surface area contributed by atoms with Gasteiger partial charge in [-0.3, -0.25) is 4.79 Å². The molecule has 0 saturated carbocycles. The van der Waals surface area contributed by atoms with E-state index in [0.717, 1.165) is 27.9 Å². The van der Waals surface area contributed by atoms with Gasteiger partial charge in [0.2, 0.25) is 0 Å². The minimum absolute atomic E-state index is 0.110. The van der Waals surface area contributed by atoms with Crippen LogP contribution in [0.1, 0.15) is 35.6 Å². The summed E-state index contributed by atoms with van der Waals surface area (Å²) >= 11 is 0. The molecule has 2 N–H and O–H groups in total. The van der Waals surface area contributed by atoms with Crippen molar-refractivity contribution in [3.05, 3.63) is 101 Å². The second kappa shape index (κ2) is 12.6. The number of carbonyl (C=O) groups is 3. The maximum Gasteiger partial charge on any atom is 0.518 e. The third-order valence-electron chi connectivity index (χ3n) is 8.96. The first-order valence-electron chi connectivity index (χ1n) is 15.0. The Kier molecular flexibility index (Phi) is 8.90. The molecule has 9 heteroatoms. The number of anilines is 1. The van der Waals surface area contributed by atoms with Gasteiger partial charge in [0.1, 0.15) is 30.9 Å². The summed E-state index contributed by atoms with van der Waals surface area (Å²) in [6, 6.07) is 20.2. The zero-order valence-electron chi connectivity index (χ0n) is 25.5. The Morgan fingerprint density at radius 1 is 1.14 bits per heavy atom. The molecule has 2 heterocycles. The molecule has 44 heavy (non-hydrogen) atoms. The van der Waals surface area contributed by atoms with E-state index in [4.69, 9.17) is 9.47 Å². The second-order valence-corrected chi connectivity index (χ2v) is 11.6. The van der Waals surface area contributed by atoms with Crippen molar-refractivity contribution in [1.82, 2.24) is 9.38 Å². The third-order valence-corrected chi connectivity index (χ3v) is 8.96. The van der Waals surface area contributed by atoms with Gasteiger partial charge in [0, 0.05) is 43.0 Å². The number of amides is 3. The molecular weight excluding hydrogens is 558 g/mol. The summed E-state index contributed by atoms with van der Waals surface area (Å²) in [5, 5.41) is 13.9. The fourth-order valence-electron chi connectivity index (χ4n) is 6.79. The lowest BCUT2D eigenvalue weighted by Gasteiger charge is -2.52. The highest BCUT2D eigenvalue weighted by Crippen LogP contribution is 2.43. The zero-order valence-corrected chi connectivity index (χ0v) is 25.5. The van der Waals surface area contributed by atoms with E-state index in [-0.39, 0.29) is 37.7 Å². The number of likely N-dealkylation sites (tertiary alicyclic amines) is 1. The summed E-state index contributed by atoms with van der Waals surface area (Å²) in [6.07, 6.45) is 0.429. The van der Waals surface area contributed by atoms with Gasteiger partial charge in [-0.25, -0.2) is 4.79 Å². The minimum Gasteiger partial charge on any atom is -0.488 e. The van der Waals surface area contributed by atoms with E-state index in [9.17, 15) is 19.5 Å². The van der Waals surface area contributed by atoms with E-state index in [1.54, 1.807) is 11.8 Å². The van der Waals surface area contributed by atoms with Gasteiger partial charge < -0.3 is 24.8 Å². The van der Waals surface area contributed by atoms with Crippen LogP contribution in [0.4, 0.5) is 21.0 Å². The minimum atomic E-state index is -1.44. The Hall–Kier alpha value is -4.47. The van der Waals surface area contributed by atoms with Crippen LogP contribution < -0.4 is 14.5 Å². The lowest BCUT2D eigenvalue weighted by atomic mass is 9.78. The highest BCUT2D eigenvalue weighted by molar-refractivity contribution is 5.92. The van der Waals surface area contributed by atoms with Crippen LogP contribution in [0.15, 0.2) is 78.9 Å². The molecular formula is C35H40N3O6+. The highest BCUT2D eigenvalue weighted by Gasteiger charge is 2.60. The van der Waals surface area contributed by atoms with Gasteiger partial charge in [-0.1, -0.05) is 55.1 Å². The maximum absolute atomic E-state index is 13.6. The first-order valence-corrected chi connectivity index (χ1v) is 15.0. The van der Waals surface area contributed by atoms with Gasteiger partial charge >= 0.3 is 12.1 Å². The number of carbonyl (C=O) groups excluding carboxylic acids is 2. The van der Waals surface area contributed by atoms with Crippen LogP contribution in [0.25, 0.3) is 0 Å². The van der Waals surface area contributed by atoms with Crippen LogP contribution in [0.5, 0.6) is 5.75 Å². The van der Waals surface area contributed by atoms with Crippen LogP contribution >= 0.6 is 0 Å². The molecule has 2 aliphatic rings. The summed E-state index contributed by atoms with van der Waals surface area (Å²) in [7, 11) is 0. The Balaban J connectivity index is 1.53. The molecule has 3 atom stereocenters. The molecule has 3 amide bonds. The van der Waals surface area contributed by atoms with E-state index >= 15 is 0 Å². The number of piperidine rings is 1. The van der Waals surface area contributed by atoms with Crippen molar-refractivity contribution in [3.8, 4) is 5.75 Å². The molecule has 0 spiro atoms. The van der Waals surface area contributed by atoms with Gasteiger partial charge in [0.15, 0.2) is 5.60 Å². The van der Waals surface area contributed by atoms with Crippen LogP contribution in [-0.2, 0) is 22.6 Å². The molecule has 9 nitrogen and oxygen atoms in total. The van der Waals surface area contributed by atoms with Crippen molar-refractivity contribution in [1.29, 1.82) is 0 Å².